The lowest BCUT2D eigenvalue weighted by atomic mass is 10.2. The Bertz CT molecular complexity index is 824. The van der Waals surface area contributed by atoms with Crippen LogP contribution < -0.4 is 14.8 Å². The Labute approximate surface area is 128 Å². The molecular formula is C17H18N2O3. The van der Waals surface area contributed by atoms with Gasteiger partial charge in [-0.1, -0.05) is 0 Å². The molecule has 0 fully saturated rings. The number of aromatic nitrogens is 1. The van der Waals surface area contributed by atoms with Crippen molar-refractivity contribution in [2.24, 2.45) is 0 Å². The minimum absolute atomic E-state index is 0.562. The van der Waals surface area contributed by atoms with Crippen molar-refractivity contribution in [2.45, 2.75) is 6.92 Å². The molecule has 0 amide bonds. The Hall–Kier alpha value is -2.69. The monoisotopic (exact) mass is 298 g/mol. The lowest BCUT2D eigenvalue weighted by Crippen LogP contribution is -1.90. The summed E-state index contributed by atoms with van der Waals surface area (Å²) in [5.41, 5.74) is 4.52. The maximum atomic E-state index is 5.92. The number of ether oxygens (including phenoxy) is 2. The maximum absolute atomic E-state index is 5.92. The average Bonchev–Trinajstić information content (AvgIpc) is 2.98. The van der Waals surface area contributed by atoms with Gasteiger partial charge in [-0.3, -0.25) is 0 Å². The van der Waals surface area contributed by atoms with Crippen molar-refractivity contribution in [1.29, 1.82) is 0 Å². The van der Waals surface area contributed by atoms with Crippen LogP contribution in [0.1, 0.15) is 5.56 Å². The van der Waals surface area contributed by atoms with E-state index in [-0.39, 0.29) is 0 Å². The van der Waals surface area contributed by atoms with E-state index in [0.29, 0.717) is 17.4 Å². The summed E-state index contributed by atoms with van der Waals surface area (Å²) in [4.78, 5) is 4.58. The zero-order valence-corrected chi connectivity index (χ0v) is 13.1. The smallest absolute Gasteiger partial charge is 0.227 e. The Balaban J connectivity index is 2.12. The normalized spacial score (nSPS) is 10.7. The summed E-state index contributed by atoms with van der Waals surface area (Å²) < 4.78 is 16.5. The van der Waals surface area contributed by atoms with Gasteiger partial charge in [-0.15, -0.1) is 0 Å². The van der Waals surface area contributed by atoms with Crippen LogP contribution >= 0.6 is 0 Å². The molecule has 1 N–H and O–H groups in total. The second-order valence-electron chi connectivity index (χ2n) is 4.98. The van der Waals surface area contributed by atoms with Crippen LogP contribution in [0.3, 0.4) is 0 Å². The number of nitrogens with zero attached hydrogens (tertiary/aromatic N) is 1. The molecule has 0 atom stereocenters. The molecule has 3 rings (SSSR count). The van der Waals surface area contributed by atoms with E-state index in [4.69, 9.17) is 13.9 Å². The van der Waals surface area contributed by atoms with Crippen LogP contribution in [0, 0.1) is 6.92 Å². The average molecular weight is 298 g/mol. The van der Waals surface area contributed by atoms with Crippen LogP contribution in [-0.4, -0.2) is 26.3 Å². The van der Waals surface area contributed by atoms with Crippen molar-refractivity contribution in [3.63, 3.8) is 0 Å². The fourth-order valence-electron chi connectivity index (χ4n) is 2.44. The first-order valence-corrected chi connectivity index (χ1v) is 6.97. The molecule has 0 spiro atoms. The quantitative estimate of drug-likeness (QED) is 0.792. The molecule has 1 heterocycles. The minimum Gasteiger partial charge on any atom is -0.493 e. The number of rotatable bonds is 4. The first kappa shape index (κ1) is 14.3. The van der Waals surface area contributed by atoms with Crippen molar-refractivity contribution in [3.8, 4) is 23.0 Å². The highest BCUT2D eigenvalue weighted by molar-refractivity contribution is 5.83. The van der Waals surface area contributed by atoms with Gasteiger partial charge in [-0.05, 0) is 42.8 Å². The number of nitrogens with one attached hydrogen (secondary N) is 1. The van der Waals surface area contributed by atoms with Crippen LogP contribution in [-0.2, 0) is 0 Å². The number of aryl methyl sites for hydroxylation is 1. The summed E-state index contributed by atoms with van der Waals surface area (Å²) in [5.74, 6) is 1.89. The summed E-state index contributed by atoms with van der Waals surface area (Å²) in [7, 11) is 5.10. The van der Waals surface area contributed by atoms with Crippen molar-refractivity contribution in [3.05, 3.63) is 35.9 Å². The molecule has 0 saturated heterocycles. The summed E-state index contributed by atoms with van der Waals surface area (Å²) in [6.45, 7) is 2.01. The molecule has 0 aliphatic heterocycles. The molecular weight excluding hydrogens is 280 g/mol. The number of fused-ring (bicyclic) bond motifs is 1. The number of benzene rings is 2. The third-order valence-corrected chi connectivity index (χ3v) is 3.59. The van der Waals surface area contributed by atoms with E-state index in [2.05, 4.69) is 10.3 Å². The van der Waals surface area contributed by atoms with E-state index in [1.54, 1.807) is 14.2 Å². The van der Waals surface area contributed by atoms with Gasteiger partial charge in [-0.25, -0.2) is 4.98 Å². The van der Waals surface area contributed by atoms with Crippen LogP contribution in [0.2, 0.25) is 0 Å². The molecule has 22 heavy (non-hydrogen) atoms. The molecule has 114 valence electrons. The predicted molar refractivity (Wildman–Crippen MR) is 86.8 cm³/mol. The van der Waals surface area contributed by atoms with Crippen molar-refractivity contribution >= 4 is 16.8 Å². The van der Waals surface area contributed by atoms with E-state index in [9.17, 15) is 0 Å². The van der Waals surface area contributed by atoms with Crippen molar-refractivity contribution in [2.75, 3.05) is 26.6 Å². The lowest BCUT2D eigenvalue weighted by Gasteiger charge is -2.07. The second-order valence-corrected chi connectivity index (χ2v) is 4.98. The summed E-state index contributed by atoms with van der Waals surface area (Å²) in [6, 6.07) is 9.61. The highest BCUT2D eigenvalue weighted by Crippen LogP contribution is 2.34. The molecule has 0 bridgehead atoms. The summed E-state index contributed by atoms with van der Waals surface area (Å²) >= 11 is 0. The zero-order chi connectivity index (χ0) is 15.7. The van der Waals surface area contributed by atoms with Gasteiger partial charge in [-0.2, -0.15) is 0 Å². The standard InChI is InChI=1S/C17H18N2O3/c1-10-7-12(18-2)9-13-16(10)22-17(19-13)11-5-6-14(20-3)15(8-11)21-4/h5-9,18H,1-4H3. The van der Waals surface area contributed by atoms with Crippen LogP contribution in [0.4, 0.5) is 5.69 Å². The Morgan fingerprint density at radius 3 is 2.50 bits per heavy atom. The van der Waals surface area contributed by atoms with Gasteiger partial charge in [0.05, 0.1) is 14.2 Å². The molecule has 5 nitrogen and oxygen atoms in total. The molecule has 2 aromatic carbocycles. The Morgan fingerprint density at radius 1 is 1.05 bits per heavy atom. The Kier molecular flexibility index (Phi) is 3.63. The topological polar surface area (TPSA) is 56.5 Å². The third kappa shape index (κ3) is 2.35. The number of hydrogen-bond donors (Lipinski definition) is 1. The molecule has 5 heteroatoms. The number of methoxy groups -OCH3 is 2. The summed E-state index contributed by atoms with van der Waals surface area (Å²) in [5, 5.41) is 3.12. The van der Waals surface area contributed by atoms with E-state index in [1.165, 1.54) is 0 Å². The molecule has 0 unspecified atom stereocenters. The van der Waals surface area contributed by atoms with Gasteiger partial charge in [0.1, 0.15) is 5.52 Å². The van der Waals surface area contributed by atoms with Crippen LogP contribution in [0.15, 0.2) is 34.7 Å². The van der Waals surface area contributed by atoms with Gasteiger partial charge < -0.3 is 19.2 Å². The van der Waals surface area contributed by atoms with Gasteiger partial charge in [0.15, 0.2) is 17.1 Å². The van der Waals surface area contributed by atoms with Gasteiger partial charge in [0.2, 0.25) is 5.89 Å². The van der Waals surface area contributed by atoms with Crippen LogP contribution in [0.5, 0.6) is 11.5 Å². The number of oxazole rings is 1. The predicted octanol–water partition coefficient (Wildman–Crippen LogP) is 3.86. The molecule has 3 aromatic rings. The number of hydrogen-bond acceptors (Lipinski definition) is 5. The fourth-order valence-corrected chi connectivity index (χ4v) is 2.44. The highest BCUT2D eigenvalue weighted by atomic mass is 16.5. The first-order chi connectivity index (χ1) is 10.7. The molecule has 1 aromatic heterocycles. The molecule has 0 radical (unpaired) electrons. The fraction of sp³-hybridized carbons (Fsp3) is 0.235. The number of anilines is 1. The molecule has 0 aliphatic carbocycles. The SMILES string of the molecule is CNc1cc(C)c2oc(-c3ccc(OC)c(OC)c3)nc2c1. The van der Waals surface area contributed by atoms with Crippen molar-refractivity contribution < 1.29 is 13.9 Å². The highest BCUT2D eigenvalue weighted by Gasteiger charge is 2.13. The largest absolute Gasteiger partial charge is 0.493 e. The van der Waals surface area contributed by atoms with Crippen molar-refractivity contribution in [1.82, 2.24) is 4.98 Å². The second kappa shape index (κ2) is 5.60. The van der Waals surface area contributed by atoms with Gasteiger partial charge in [0, 0.05) is 18.3 Å². The summed E-state index contributed by atoms with van der Waals surface area (Å²) in [6.07, 6.45) is 0. The Morgan fingerprint density at radius 2 is 1.82 bits per heavy atom. The van der Waals surface area contributed by atoms with Gasteiger partial charge in [0.25, 0.3) is 0 Å². The van der Waals surface area contributed by atoms with E-state index >= 15 is 0 Å². The lowest BCUT2D eigenvalue weighted by molar-refractivity contribution is 0.355. The molecule has 0 aliphatic rings. The van der Waals surface area contributed by atoms with E-state index in [1.807, 2.05) is 44.3 Å². The third-order valence-electron chi connectivity index (χ3n) is 3.59. The zero-order valence-electron chi connectivity index (χ0n) is 13.1. The molecule has 0 saturated carbocycles. The van der Waals surface area contributed by atoms with E-state index < -0.39 is 0 Å². The minimum atomic E-state index is 0.562. The van der Waals surface area contributed by atoms with E-state index in [0.717, 1.165) is 27.9 Å². The maximum Gasteiger partial charge on any atom is 0.227 e. The first-order valence-electron chi connectivity index (χ1n) is 6.97. The van der Waals surface area contributed by atoms with Gasteiger partial charge >= 0.3 is 0 Å². The van der Waals surface area contributed by atoms with Crippen LogP contribution in [0.25, 0.3) is 22.6 Å².